The van der Waals surface area contributed by atoms with E-state index in [1.54, 1.807) is 0 Å². The molecule has 0 bridgehead atoms. The number of rotatable bonds is 6. The topological polar surface area (TPSA) is 61.4 Å². The predicted octanol–water partition coefficient (Wildman–Crippen LogP) is 2.53. The molecule has 0 radical (unpaired) electrons. The second-order valence-electron chi connectivity index (χ2n) is 8.32. The number of nitrogens with zero attached hydrogens (tertiary/aromatic N) is 1. The molecule has 0 saturated carbocycles. The summed E-state index contributed by atoms with van der Waals surface area (Å²) in [6.07, 6.45) is 4.07. The zero-order chi connectivity index (χ0) is 19.2. The van der Waals surface area contributed by atoms with E-state index in [1.807, 2.05) is 23.1 Å². The lowest BCUT2D eigenvalue weighted by Gasteiger charge is -2.36. The zero-order valence-electron chi connectivity index (χ0n) is 16.6. The van der Waals surface area contributed by atoms with Gasteiger partial charge < -0.3 is 15.5 Å². The van der Waals surface area contributed by atoms with Gasteiger partial charge in [-0.05, 0) is 49.6 Å². The van der Waals surface area contributed by atoms with Crippen LogP contribution in [0, 0.1) is 11.8 Å². The van der Waals surface area contributed by atoms with Gasteiger partial charge in [0.25, 0.3) is 0 Å². The van der Waals surface area contributed by atoms with Crippen molar-refractivity contribution in [2.45, 2.75) is 51.5 Å². The Kier molecular flexibility index (Phi) is 6.89. The highest BCUT2D eigenvalue weighted by Gasteiger charge is 2.32. The smallest absolute Gasteiger partial charge is 0.237 e. The molecule has 5 heteroatoms. The molecule has 2 N–H and O–H groups in total. The Hall–Kier alpha value is -1.88. The van der Waals surface area contributed by atoms with Crippen molar-refractivity contribution in [1.82, 2.24) is 15.5 Å². The molecule has 2 saturated heterocycles. The number of carbonyl (C=O) groups excluding carboxylic acids is 2. The summed E-state index contributed by atoms with van der Waals surface area (Å²) in [5, 5.41) is 6.34. The molecule has 0 spiro atoms. The molecule has 2 fully saturated rings. The highest BCUT2D eigenvalue weighted by atomic mass is 16.2. The number of hydrogen-bond acceptors (Lipinski definition) is 3. The van der Waals surface area contributed by atoms with Gasteiger partial charge >= 0.3 is 0 Å². The van der Waals surface area contributed by atoms with Gasteiger partial charge in [0.05, 0.1) is 12.0 Å². The van der Waals surface area contributed by atoms with Crippen molar-refractivity contribution >= 4 is 11.8 Å². The van der Waals surface area contributed by atoms with Crippen LogP contribution in [0.3, 0.4) is 0 Å². The van der Waals surface area contributed by atoms with Crippen molar-refractivity contribution in [3.63, 3.8) is 0 Å². The number of amides is 2. The fourth-order valence-electron chi connectivity index (χ4n) is 4.38. The maximum absolute atomic E-state index is 13.3. The maximum Gasteiger partial charge on any atom is 0.237 e. The molecule has 3 rings (SSSR count). The minimum Gasteiger partial charge on any atom is -0.354 e. The fourth-order valence-corrected chi connectivity index (χ4v) is 4.38. The predicted molar refractivity (Wildman–Crippen MR) is 107 cm³/mol. The Morgan fingerprint density at radius 2 is 1.96 bits per heavy atom. The van der Waals surface area contributed by atoms with Gasteiger partial charge in [-0.2, -0.15) is 0 Å². The van der Waals surface area contributed by atoms with Gasteiger partial charge in [-0.15, -0.1) is 0 Å². The van der Waals surface area contributed by atoms with Gasteiger partial charge in [0.2, 0.25) is 11.8 Å². The van der Waals surface area contributed by atoms with E-state index < -0.39 is 0 Å². The molecule has 0 aliphatic carbocycles. The second-order valence-corrected chi connectivity index (χ2v) is 8.32. The first kappa shape index (κ1) is 19.9. The molecular formula is C22H33N3O2. The number of nitrogens with one attached hydrogen (secondary N) is 2. The van der Waals surface area contributed by atoms with Crippen molar-refractivity contribution in [3.05, 3.63) is 35.9 Å². The van der Waals surface area contributed by atoms with Crippen LogP contribution in [0.15, 0.2) is 30.3 Å². The van der Waals surface area contributed by atoms with E-state index in [9.17, 15) is 9.59 Å². The normalized spacial score (nSPS) is 24.0. The van der Waals surface area contributed by atoms with E-state index >= 15 is 0 Å². The van der Waals surface area contributed by atoms with Crippen molar-refractivity contribution in [1.29, 1.82) is 0 Å². The number of likely N-dealkylation sites (tertiary alicyclic amines) is 1. The van der Waals surface area contributed by atoms with Gasteiger partial charge in [0.15, 0.2) is 0 Å². The summed E-state index contributed by atoms with van der Waals surface area (Å²) in [5.74, 6) is 0.845. The largest absolute Gasteiger partial charge is 0.354 e. The molecule has 2 aliphatic heterocycles. The Labute approximate surface area is 162 Å². The van der Waals surface area contributed by atoms with Crippen molar-refractivity contribution in [3.8, 4) is 0 Å². The Morgan fingerprint density at radius 1 is 1.19 bits per heavy atom. The van der Waals surface area contributed by atoms with E-state index in [1.165, 1.54) is 0 Å². The molecular weight excluding hydrogens is 338 g/mol. The third kappa shape index (κ3) is 5.10. The van der Waals surface area contributed by atoms with Crippen LogP contribution in [0.5, 0.6) is 0 Å². The van der Waals surface area contributed by atoms with Crippen molar-refractivity contribution in [2.75, 3.05) is 26.2 Å². The molecule has 27 heavy (non-hydrogen) atoms. The molecule has 0 aromatic heterocycles. The van der Waals surface area contributed by atoms with E-state index in [4.69, 9.17) is 0 Å². The number of benzene rings is 1. The van der Waals surface area contributed by atoms with Crippen LogP contribution in [-0.4, -0.2) is 48.9 Å². The summed E-state index contributed by atoms with van der Waals surface area (Å²) in [6, 6.07) is 10.1. The zero-order valence-corrected chi connectivity index (χ0v) is 16.6. The molecule has 148 valence electrons. The molecule has 5 nitrogen and oxygen atoms in total. The molecule has 1 aromatic rings. The molecule has 3 atom stereocenters. The summed E-state index contributed by atoms with van der Waals surface area (Å²) < 4.78 is 0. The molecule has 1 aromatic carbocycles. The van der Waals surface area contributed by atoms with Crippen LogP contribution in [-0.2, 0) is 9.59 Å². The number of hydrogen-bond donors (Lipinski definition) is 2. The first-order valence-electron chi connectivity index (χ1n) is 10.4. The van der Waals surface area contributed by atoms with Crippen molar-refractivity contribution in [2.24, 2.45) is 11.8 Å². The number of piperidine rings is 1. The lowest BCUT2D eigenvalue weighted by Crippen LogP contribution is -2.48. The average molecular weight is 372 g/mol. The van der Waals surface area contributed by atoms with Gasteiger partial charge in [0.1, 0.15) is 0 Å². The van der Waals surface area contributed by atoms with Gasteiger partial charge in [-0.3, -0.25) is 9.59 Å². The summed E-state index contributed by atoms with van der Waals surface area (Å²) >= 11 is 0. The fraction of sp³-hybridized carbons (Fsp3) is 0.636. The van der Waals surface area contributed by atoms with Crippen LogP contribution in [0.2, 0.25) is 0 Å². The first-order chi connectivity index (χ1) is 13.1. The second kappa shape index (κ2) is 9.36. The highest BCUT2D eigenvalue weighted by Crippen LogP contribution is 2.28. The van der Waals surface area contributed by atoms with Crippen LogP contribution < -0.4 is 10.6 Å². The van der Waals surface area contributed by atoms with Crippen LogP contribution in [0.1, 0.15) is 51.0 Å². The minimum atomic E-state index is -0.0952. The van der Waals surface area contributed by atoms with E-state index in [0.717, 1.165) is 50.9 Å². The summed E-state index contributed by atoms with van der Waals surface area (Å²) in [6.45, 7) is 7.40. The Balaban J connectivity index is 1.57. The SMILES string of the molecule is CC(C)C(C(=O)N1CCCC(CNC(=O)C2CCCN2)C1)c1ccccc1. The third-order valence-corrected chi connectivity index (χ3v) is 5.86. The quantitative estimate of drug-likeness (QED) is 0.808. The molecule has 2 heterocycles. The van der Waals surface area contributed by atoms with Crippen LogP contribution in [0.25, 0.3) is 0 Å². The lowest BCUT2D eigenvalue weighted by molar-refractivity contribution is -0.135. The van der Waals surface area contributed by atoms with Crippen molar-refractivity contribution < 1.29 is 9.59 Å². The van der Waals surface area contributed by atoms with Crippen LogP contribution in [0.4, 0.5) is 0 Å². The third-order valence-electron chi connectivity index (χ3n) is 5.86. The highest BCUT2D eigenvalue weighted by molar-refractivity contribution is 5.84. The summed E-state index contributed by atoms with van der Waals surface area (Å²) in [7, 11) is 0. The summed E-state index contributed by atoms with van der Waals surface area (Å²) in [5.41, 5.74) is 1.10. The van der Waals surface area contributed by atoms with Gasteiger partial charge in [-0.25, -0.2) is 0 Å². The summed E-state index contributed by atoms with van der Waals surface area (Å²) in [4.78, 5) is 27.5. The molecule has 2 amide bonds. The van der Waals surface area contributed by atoms with E-state index in [-0.39, 0.29) is 29.7 Å². The van der Waals surface area contributed by atoms with E-state index in [2.05, 4.69) is 36.6 Å². The first-order valence-corrected chi connectivity index (χ1v) is 10.4. The maximum atomic E-state index is 13.3. The average Bonchev–Trinajstić information content (AvgIpc) is 3.22. The van der Waals surface area contributed by atoms with E-state index in [0.29, 0.717) is 12.5 Å². The molecule has 3 unspecified atom stereocenters. The van der Waals surface area contributed by atoms with Gasteiger partial charge in [0, 0.05) is 19.6 Å². The Bertz CT molecular complexity index is 626. The van der Waals surface area contributed by atoms with Crippen LogP contribution >= 0.6 is 0 Å². The van der Waals surface area contributed by atoms with Gasteiger partial charge in [-0.1, -0.05) is 44.2 Å². The Morgan fingerprint density at radius 3 is 2.63 bits per heavy atom. The molecule has 2 aliphatic rings. The number of carbonyl (C=O) groups is 2. The monoisotopic (exact) mass is 371 g/mol. The standard InChI is InChI=1S/C22H33N3O2/c1-16(2)20(18-9-4-3-5-10-18)22(27)25-13-7-8-17(15-25)14-24-21(26)19-11-6-12-23-19/h3-5,9-10,16-17,19-20,23H,6-8,11-15H2,1-2H3,(H,24,26). The lowest BCUT2D eigenvalue weighted by atomic mass is 9.86. The minimum absolute atomic E-state index is 0.0327.